The second-order valence-electron chi connectivity index (χ2n) is 5.39. The van der Waals surface area contributed by atoms with Gasteiger partial charge < -0.3 is 15.1 Å². The molecule has 0 spiro atoms. The fourth-order valence-corrected chi connectivity index (χ4v) is 2.37. The second-order valence-corrected chi connectivity index (χ2v) is 5.39. The molecule has 2 aromatic heterocycles. The summed E-state index contributed by atoms with van der Waals surface area (Å²) in [5.41, 5.74) is 2.13. The van der Waals surface area contributed by atoms with Crippen LogP contribution in [-0.4, -0.2) is 28.9 Å². The topological polar surface area (TPSA) is 72.1 Å². The first-order valence-electron chi connectivity index (χ1n) is 7.93. The van der Waals surface area contributed by atoms with Gasteiger partial charge in [0.15, 0.2) is 0 Å². The number of nitrogens with one attached hydrogen (secondary N) is 2. The summed E-state index contributed by atoms with van der Waals surface area (Å²) in [5, 5.41) is 9.93. The Morgan fingerprint density at radius 3 is 2.71 bits per heavy atom. The number of carbonyl (C=O) groups excluding carboxylic acids is 1. The molecule has 0 fully saturated rings. The number of furan rings is 1. The Balaban J connectivity index is 1.35. The third-order valence-electron chi connectivity index (χ3n) is 3.61. The Hall–Kier alpha value is -3.02. The summed E-state index contributed by atoms with van der Waals surface area (Å²) in [5.74, 6) is 0.785. The Labute approximate surface area is 140 Å². The molecule has 3 aromatic rings. The number of hydrogen-bond acceptors (Lipinski definition) is 3. The SMILES string of the molecule is O=C(NCCc1ccccc1)NCCn1cc(-c2ccco2)cn1. The molecule has 0 saturated carbocycles. The van der Waals surface area contributed by atoms with E-state index in [1.54, 1.807) is 17.1 Å². The molecule has 0 aliphatic rings. The van der Waals surface area contributed by atoms with Crippen molar-refractivity contribution in [3.63, 3.8) is 0 Å². The Morgan fingerprint density at radius 1 is 1.08 bits per heavy atom. The Bertz CT molecular complexity index is 750. The van der Waals surface area contributed by atoms with Gasteiger partial charge in [0, 0.05) is 19.3 Å². The molecule has 2 amide bonds. The van der Waals surface area contributed by atoms with Crippen LogP contribution in [0.15, 0.2) is 65.5 Å². The molecule has 6 heteroatoms. The van der Waals surface area contributed by atoms with Crippen molar-refractivity contribution in [1.29, 1.82) is 0 Å². The number of rotatable bonds is 7. The molecule has 124 valence electrons. The highest BCUT2D eigenvalue weighted by molar-refractivity contribution is 5.73. The van der Waals surface area contributed by atoms with Crippen LogP contribution in [0.3, 0.4) is 0 Å². The Kier molecular flexibility index (Phi) is 5.29. The van der Waals surface area contributed by atoms with E-state index >= 15 is 0 Å². The predicted molar refractivity (Wildman–Crippen MR) is 91.5 cm³/mol. The van der Waals surface area contributed by atoms with Gasteiger partial charge in [-0.25, -0.2) is 4.79 Å². The monoisotopic (exact) mass is 324 g/mol. The molecule has 0 aliphatic heterocycles. The number of urea groups is 1. The van der Waals surface area contributed by atoms with Crippen LogP contribution >= 0.6 is 0 Å². The molecule has 0 saturated heterocycles. The number of amides is 2. The van der Waals surface area contributed by atoms with Gasteiger partial charge in [0.25, 0.3) is 0 Å². The van der Waals surface area contributed by atoms with E-state index in [0.29, 0.717) is 19.6 Å². The molecule has 24 heavy (non-hydrogen) atoms. The first kappa shape index (κ1) is 15.9. The molecule has 3 rings (SSSR count). The number of benzene rings is 1. The van der Waals surface area contributed by atoms with Gasteiger partial charge >= 0.3 is 6.03 Å². The fraction of sp³-hybridized carbons (Fsp3) is 0.222. The van der Waals surface area contributed by atoms with Crippen molar-refractivity contribution in [2.24, 2.45) is 0 Å². The van der Waals surface area contributed by atoms with Crippen molar-refractivity contribution in [3.8, 4) is 11.3 Å². The van der Waals surface area contributed by atoms with Crippen molar-refractivity contribution in [2.45, 2.75) is 13.0 Å². The van der Waals surface area contributed by atoms with Crippen LogP contribution < -0.4 is 10.6 Å². The highest BCUT2D eigenvalue weighted by Crippen LogP contribution is 2.18. The molecule has 0 aliphatic carbocycles. The fourth-order valence-electron chi connectivity index (χ4n) is 2.37. The van der Waals surface area contributed by atoms with Crippen LogP contribution in [0, 0.1) is 0 Å². The zero-order valence-corrected chi connectivity index (χ0v) is 13.3. The van der Waals surface area contributed by atoms with Gasteiger partial charge in [-0.1, -0.05) is 30.3 Å². The second kappa shape index (κ2) is 8.01. The third kappa shape index (κ3) is 4.49. The minimum atomic E-state index is -0.163. The quantitative estimate of drug-likeness (QED) is 0.702. The molecular formula is C18H20N4O2. The third-order valence-corrected chi connectivity index (χ3v) is 3.61. The first-order chi connectivity index (χ1) is 11.8. The zero-order chi connectivity index (χ0) is 16.6. The number of aromatic nitrogens is 2. The van der Waals surface area contributed by atoms with Crippen molar-refractivity contribution in [3.05, 3.63) is 66.7 Å². The Morgan fingerprint density at radius 2 is 1.92 bits per heavy atom. The highest BCUT2D eigenvalue weighted by atomic mass is 16.3. The molecule has 0 bridgehead atoms. The van der Waals surface area contributed by atoms with Gasteiger partial charge in [0.1, 0.15) is 5.76 Å². The summed E-state index contributed by atoms with van der Waals surface area (Å²) in [6.45, 7) is 1.73. The summed E-state index contributed by atoms with van der Waals surface area (Å²) in [6, 6.07) is 13.6. The van der Waals surface area contributed by atoms with E-state index in [9.17, 15) is 4.79 Å². The molecule has 2 heterocycles. The molecule has 0 atom stereocenters. The van der Waals surface area contributed by atoms with E-state index in [1.807, 2.05) is 48.7 Å². The lowest BCUT2D eigenvalue weighted by Gasteiger charge is -2.07. The predicted octanol–water partition coefficient (Wildman–Crippen LogP) is 2.69. The number of nitrogens with zero attached hydrogens (tertiary/aromatic N) is 2. The van der Waals surface area contributed by atoms with Crippen LogP contribution in [0.2, 0.25) is 0 Å². The molecule has 1 aromatic carbocycles. The van der Waals surface area contributed by atoms with Crippen LogP contribution in [0.1, 0.15) is 5.56 Å². The van der Waals surface area contributed by atoms with Crippen LogP contribution in [0.4, 0.5) is 4.79 Å². The maximum atomic E-state index is 11.7. The van der Waals surface area contributed by atoms with Crippen molar-refractivity contribution < 1.29 is 9.21 Å². The normalized spacial score (nSPS) is 10.5. The molecule has 0 unspecified atom stereocenters. The lowest BCUT2D eigenvalue weighted by atomic mass is 10.1. The van der Waals surface area contributed by atoms with Gasteiger partial charge in [-0.15, -0.1) is 0 Å². The molecule has 2 N–H and O–H groups in total. The number of hydrogen-bond donors (Lipinski definition) is 2. The highest BCUT2D eigenvalue weighted by Gasteiger charge is 2.04. The van der Waals surface area contributed by atoms with E-state index < -0.39 is 0 Å². The van der Waals surface area contributed by atoms with Crippen LogP contribution in [-0.2, 0) is 13.0 Å². The van der Waals surface area contributed by atoms with Crippen LogP contribution in [0.25, 0.3) is 11.3 Å². The number of carbonyl (C=O) groups is 1. The summed E-state index contributed by atoms with van der Waals surface area (Å²) in [4.78, 5) is 11.7. The summed E-state index contributed by atoms with van der Waals surface area (Å²) in [6.07, 6.45) is 6.10. The minimum Gasteiger partial charge on any atom is -0.464 e. The largest absolute Gasteiger partial charge is 0.464 e. The van der Waals surface area contributed by atoms with Gasteiger partial charge in [-0.2, -0.15) is 5.10 Å². The molecule has 6 nitrogen and oxygen atoms in total. The van der Waals surface area contributed by atoms with E-state index in [1.165, 1.54) is 5.56 Å². The summed E-state index contributed by atoms with van der Waals surface area (Å²) >= 11 is 0. The average molecular weight is 324 g/mol. The van der Waals surface area contributed by atoms with Crippen molar-refractivity contribution >= 4 is 6.03 Å². The van der Waals surface area contributed by atoms with Gasteiger partial charge in [0.05, 0.1) is 24.6 Å². The average Bonchev–Trinajstić information content (AvgIpc) is 3.27. The minimum absolute atomic E-state index is 0.163. The zero-order valence-electron chi connectivity index (χ0n) is 13.3. The maximum Gasteiger partial charge on any atom is 0.314 e. The van der Waals surface area contributed by atoms with Gasteiger partial charge in [-0.05, 0) is 24.1 Å². The van der Waals surface area contributed by atoms with Gasteiger partial charge in [0.2, 0.25) is 0 Å². The standard InChI is InChI=1S/C18H20N4O2/c23-18(19-9-8-15-5-2-1-3-6-15)20-10-11-22-14-16(13-21-22)17-7-4-12-24-17/h1-7,12-14H,8-11H2,(H2,19,20,23). The smallest absolute Gasteiger partial charge is 0.314 e. The lowest BCUT2D eigenvalue weighted by Crippen LogP contribution is -2.38. The van der Waals surface area contributed by atoms with E-state index in [2.05, 4.69) is 15.7 Å². The van der Waals surface area contributed by atoms with Gasteiger partial charge in [-0.3, -0.25) is 4.68 Å². The van der Waals surface area contributed by atoms with Crippen LogP contribution in [0.5, 0.6) is 0 Å². The summed E-state index contributed by atoms with van der Waals surface area (Å²) in [7, 11) is 0. The van der Waals surface area contributed by atoms with Crippen molar-refractivity contribution in [2.75, 3.05) is 13.1 Å². The maximum absolute atomic E-state index is 11.7. The molecular weight excluding hydrogens is 304 g/mol. The van der Waals surface area contributed by atoms with E-state index in [4.69, 9.17) is 4.42 Å². The van der Waals surface area contributed by atoms with Crippen molar-refractivity contribution in [1.82, 2.24) is 20.4 Å². The molecule has 0 radical (unpaired) electrons. The lowest BCUT2D eigenvalue weighted by molar-refractivity contribution is 0.240. The first-order valence-corrected chi connectivity index (χ1v) is 7.93. The van der Waals surface area contributed by atoms with E-state index in [-0.39, 0.29) is 6.03 Å². The van der Waals surface area contributed by atoms with E-state index in [0.717, 1.165) is 17.7 Å². The summed E-state index contributed by atoms with van der Waals surface area (Å²) < 4.78 is 7.10.